The van der Waals surface area contributed by atoms with E-state index in [4.69, 9.17) is 4.74 Å². The monoisotopic (exact) mass is 330 g/mol. The first-order valence-electron chi connectivity index (χ1n) is 9.45. The average molecular weight is 330 g/mol. The van der Waals surface area contributed by atoms with Gasteiger partial charge in [-0.3, -0.25) is 0 Å². The molecular weight excluding hydrogens is 300 g/mol. The van der Waals surface area contributed by atoms with Gasteiger partial charge in [0.25, 0.3) is 0 Å². The summed E-state index contributed by atoms with van der Waals surface area (Å²) in [6, 6.07) is 4.90. The van der Waals surface area contributed by atoms with Gasteiger partial charge in [-0.2, -0.15) is 0 Å². The Balaban J connectivity index is 2.00. The standard InChI is InChI=1S/C20H30N2O2/c1-3-14-24-20-17(16-8-10-21-11-9-16)6-7-19-18(20)5-4-15(2)22(19)12-13-23/h6-7,13,15-16,21H,3-5,8-12,14H2,1-2H3/t15-/m0/s1. The zero-order valence-electron chi connectivity index (χ0n) is 15.0. The maximum absolute atomic E-state index is 11.1. The van der Waals surface area contributed by atoms with Crippen LogP contribution >= 0.6 is 0 Å². The van der Waals surface area contributed by atoms with Gasteiger partial charge in [0.1, 0.15) is 12.0 Å². The van der Waals surface area contributed by atoms with Gasteiger partial charge in [0.2, 0.25) is 0 Å². The predicted octanol–water partition coefficient (Wildman–Crippen LogP) is 3.28. The van der Waals surface area contributed by atoms with E-state index in [9.17, 15) is 4.79 Å². The molecule has 3 rings (SSSR count). The number of ether oxygens (including phenoxy) is 1. The van der Waals surface area contributed by atoms with Crippen LogP contribution in [-0.2, 0) is 11.2 Å². The third kappa shape index (κ3) is 3.44. The largest absolute Gasteiger partial charge is 0.493 e. The number of nitrogens with zero attached hydrogens (tertiary/aromatic N) is 1. The van der Waals surface area contributed by atoms with Crippen molar-refractivity contribution in [3.05, 3.63) is 23.3 Å². The van der Waals surface area contributed by atoms with Crippen molar-refractivity contribution < 1.29 is 9.53 Å². The van der Waals surface area contributed by atoms with Crippen LogP contribution in [0.5, 0.6) is 5.75 Å². The van der Waals surface area contributed by atoms with Crippen molar-refractivity contribution in [2.45, 2.75) is 57.9 Å². The second kappa shape index (κ2) is 8.02. The fraction of sp³-hybridized carbons (Fsp3) is 0.650. The second-order valence-corrected chi connectivity index (χ2v) is 7.06. The van der Waals surface area contributed by atoms with Crippen LogP contribution in [0.15, 0.2) is 12.1 Å². The smallest absolute Gasteiger partial charge is 0.139 e. The van der Waals surface area contributed by atoms with Gasteiger partial charge >= 0.3 is 0 Å². The number of fused-ring (bicyclic) bond motifs is 1. The lowest BCUT2D eigenvalue weighted by Gasteiger charge is -2.38. The zero-order valence-corrected chi connectivity index (χ0v) is 15.0. The number of nitrogens with one attached hydrogen (secondary N) is 1. The molecule has 0 bridgehead atoms. The van der Waals surface area contributed by atoms with Crippen molar-refractivity contribution in [3.8, 4) is 5.75 Å². The van der Waals surface area contributed by atoms with Crippen molar-refractivity contribution in [1.82, 2.24) is 5.32 Å². The quantitative estimate of drug-likeness (QED) is 0.813. The van der Waals surface area contributed by atoms with E-state index in [1.54, 1.807) is 0 Å². The molecule has 24 heavy (non-hydrogen) atoms. The summed E-state index contributed by atoms with van der Waals surface area (Å²) >= 11 is 0. The molecule has 2 aliphatic heterocycles. The molecule has 0 spiro atoms. The molecule has 0 unspecified atom stereocenters. The van der Waals surface area contributed by atoms with Crippen molar-refractivity contribution in [3.63, 3.8) is 0 Å². The highest BCUT2D eigenvalue weighted by Gasteiger charge is 2.29. The Labute approximate surface area is 145 Å². The third-order valence-corrected chi connectivity index (χ3v) is 5.42. The molecule has 0 amide bonds. The van der Waals surface area contributed by atoms with Gasteiger partial charge in [-0.15, -0.1) is 0 Å². The fourth-order valence-corrected chi connectivity index (χ4v) is 4.08. The van der Waals surface area contributed by atoms with Crippen LogP contribution in [0.4, 0.5) is 5.69 Å². The molecule has 4 nitrogen and oxygen atoms in total. The Morgan fingerprint density at radius 3 is 2.79 bits per heavy atom. The Morgan fingerprint density at radius 1 is 1.29 bits per heavy atom. The number of hydrogen-bond donors (Lipinski definition) is 1. The van der Waals surface area contributed by atoms with Gasteiger partial charge in [-0.05, 0) is 69.7 Å². The average Bonchev–Trinajstić information content (AvgIpc) is 2.62. The molecule has 1 atom stereocenters. The highest BCUT2D eigenvalue weighted by atomic mass is 16.5. The summed E-state index contributed by atoms with van der Waals surface area (Å²) in [6.45, 7) is 7.76. The first-order valence-corrected chi connectivity index (χ1v) is 9.45. The number of benzene rings is 1. The lowest BCUT2D eigenvalue weighted by molar-refractivity contribution is -0.106. The maximum Gasteiger partial charge on any atom is 0.139 e. The van der Waals surface area contributed by atoms with Crippen LogP contribution in [0, 0.1) is 0 Å². The normalized spacial score (nSPS) is 21.4. The van der Waals surface area contributed by atoms with Gasteiger partial charge in [-0.1, -0.05) is 13.0 Å². The predicted molar refractivity (Wildman–Crippen MR) is 98.3 cm³/mol. The molecule has 1 saturated heterocycles. The van der Waals surface area contributed by atoms with E-state index in [0.717, 1.165) is 51.0 Å². The lowest BCUT2D eigenvalue weighted by Crippen LogP contribution is -2.39. The summed E-state index contributed by atoms with van der Waals surface area (Å²) in [4.78, 5) is 13.4. The molecule has 1 aromatic rings. The Morgan fingerprint density at radius 2 is 2.08 bits per heavy atom. The molecule has 0 radical (unpaired) electrons. The maximum atomic E-state index is 11.1. The van der Waals surface area contributed by atoms with Gasteiger partial charge in [0.15, 0.2) is 0 Å². The van der Waals surface area contributed by atoms with E-state index < -0.39 is 0 Å². The van der Waals surface area contributed by atoms with Gasteiger partial charge < -0.3 is 19.7 Å². The molecule has 2 aliphatic rings. The lowest BCUT2D eigenvalue weighted by atomic mass is 9.85. The molecule has 1 fully saturated rings. The molecule has 2 heterocycles. The minimum Gasteiger partial charge on any atom is -0.493 e. The Hall–Kier alpha value is -1.55. The summed E-state index contributed by atoms with van der Waals surface area (Å²) in [5.41, 5.74) is 3.90. The molecule has 1 N–H and O–H groups in total. The van der Waals surface area contributed by atoms with E-state index in [1.165, 1.54) is 29.7 Å². The van der Waals surface area contributed by atoms with Gasteiger partial charge in [0.05, 0.1) is 13.2 Å². The molecular formula is C20H30N2O2. The summed E-state index contributed by atoms with van der Waals surface area (Å²) in [7, 11) is 0. The topological polar surface area (TPSA) is 41.6 Å². The zero-order chi connectivity index (χ0) is 16.9. The fourth-order valence-electron chi connectivity index (χ4n) is 4.08. The van der Waals surface area contributed by atoms with Gasteiger partial charge in [-0.25, -0.2) is 0 Å². The SMILES string of the molecule is CCCOc1c(C2CCNCC2)ccc2c1CC[C@H](C)N2CC=O. The number of anilines is 1. The number of piperidine rings is 1. The second-order valence-electron chi connectivity index (χ2n) is 7.06. The summed E-state index contributed by atoms with van der Waals surface area (Å²) in [5, 5.41) is 3.45. The van der Waals surface area contributed by atoms with E-state index in [-0.39, 0.29) is 0 Å². The summed E-state index contributed by atoms with van der Waals surface area (Å²) < 4.78 is 6.26. The van der Waals surface area contributed by atoms with Crippen molar-refractivity contribution in [2.75, 3.05) is 31.1 Å². The number of carbonyl (C=O) groups is 1. The van der Waals surface area contributed by atoms with Crippen LogP contribution in [0.25, 0.3) is 0 Å². The first kappa shape index (κ1) is 17.3. The summed E-state index contributed by atoms with van der Waals surface area (Å²) in [5.74, 6) is 1.70. The molecule has 132 valence electrons. The van der Waals surface area contributed by atoms with Crippen molar-refractivity contribution in [1.29, 1.82) is 0 Å². The number of rotatable bonds is 6. The highest BCUT2D eigenvalue weighted by molar-refractivity contribution is 5.69. The van der Waals surface area contributed by atoms with E-state index >= 15 is 0 Å². The summed E-state index contributed by atoms with van der Waals surface area (Å²) in [6.07, 6.45) is 6.51. The van der Waals surface area contributed by atoms with E-state index in [0.29, 0.717) is 18.5 Å². The minimum absolute atomic E-state index is 0.409. The molecule has 0 aliphatic carbocycles. The molecule has 0 aromatic heterocycles. The van der Waals surface area contributed by atoms with Crippen LogP contribution in [0.2, 0.25) is 0 Å². The Bertz CT molecular complexity index is 567. The number of carbonyl (C=O) groups excluding carboxylic acids is 1. The molecule has 4 heteroatoms. The third-order valence-electron chi connectivity index (χ3n) is 5.42. The minimum atomic E-state index is 0.409. The number of aldehydes is 1. The van der Waals surface area contributed by atoms with Crippen LogP contribution in [0.3, 0.4) is 0 Å². The van der Waals surface area contributed by atoms with E-state index in [2.05, 4.69) is 36.2 Å². The van der Waals surface area contributed by atoms with Crippen molar-refractivity contribution >= 4 is 12.0 Å². The molecule has 1 aromatic carbocycles. The first-order chi connectivity index (χ1) is 11.8. The number of hydrogen-bond acceptors (Lipinski definition) is 4. The Kier molecular flexibility index (Phi) is 5.77. The van der Waals surface area contributed by atoms with Crippen LogP contribution in [0.1, 0.15) is 56.6 Å². The van der Waals surface area contributed by atoms with Crippen LogP contribution in [-0.4, -0.2) is 38.6 Å². The van der Waals surface area contributed by atoms with Crippen LogP contribution < -0.4 is 15.0 Å². The highest BCUT2D eigenvalue weighted by Crippen LogP contribution is 2.43. The van der Waals surface area contributed by atoms with E-state index in [1.807, 2.05) is 0 Å². The van der Waals surface area contributed by atoms with Gasteiger partial charge in [0, 0.05) is 17.3 Å². The van der Waals surface area contributed by atoms with Crippen molar-refractivity contribution in [2.24, 2.45) is 0 Å². The molecule has 0 saturated carbocycles.